The topological polar surface area (TPSA) is 160 Å². The molecule has 4 aromatic rings. The molecular formula is C34H32N4O6S. The molecule has 4 aromatic carbocycles. The van der Waals surface area contributed by atoms with Gasteiger partial charge in [0.2, 0.25) is 11.8 Å². The minimum atomic E-state index is -1.24. The lowest BCUT2D eigenvalue weighted by Crippen LogP contribution is -2.43. The maximum absolute atomic E-state index is 12.8. The summed E-state index contributed by atoms with van der Waals surface area (Å²) in [6, 6.07) is 26.8. The number of amides is 3. The van der Waals surface area contributed by atoms with E-state index in [1.54, 1.807) is 30.3 Å². The molecule has 3 amide bonds. The summed E-state index contributed by atoms with van der Waals surface area (Å²) in [4.78, 5) is 48.7. The second-order valence-corrected chi connectivity index (χ2v) is 11.5. The maximum Gasteiger partial charge on any atom is 0.407 e. The molecule has 1 aliphatic carbocycles. The van der Waals surface area contributed by atoms with Crippen molar-refractivity contribution in [3.8, 4) is 11.1 Å². The van der Waals surface area contributed by atoms with Crippen LogP contribution in [-0.2, 0) is 20.9 Å². The predicted octanol–water partition coefficient (Wildman–Crippen LogP) is 5.44. The summed E-state index contributed by atoms with van der Waals surface area (Å²) in [5, 5.41) is 18.3. The fourth-order valence-electron chi connectivity index (χ4n) is 5.18. The average Bonchev–Trinajstić information content (AvgIpc) is 3.35. The fourth-order valence-corrected chi connectivity index (χ4v) is 6.21. The molecule has 1 aliphatic rings. The van der Waals surface area contributed by atoms with Gasteiger partial charge < -0.3 is 31.5 Å². The molecule has 10 nitrogen and oxygen atoms in total. The number of aliphatic carboxylic acids is 1. The predicted molar refractivity (Wildman–Crippen MR) is 173 cm³/mol. The molecule has 0 saturated heterocycles. The molecule has 230 valence electrons. The number of thioether (sulfide) groups is 1. The highest BCUT2D eigenvalue weighted by Gasteiger charge is 2.30. The number of ether oxygens (including phenoxy) is 1. The van der Waals surface area contributed by atoms with Gasteiger partial charge >= 0.3 is 12.1 Å². The largest absolute Gasteiger partial charge is 0.480 e. The number of alkyl carbamates (subject to hydrolysis) is 1. The summed E-state index contributed by atoms with van der Waals surface area (Å²) in [7, 11) is 0. The summed E-state index contributed by atoms with van der Waals surface area (Å²) in [5.41, 5.74) is 12.2. The summed E-state index contributed by atoms with van der Waals surface area (Å²) >= 11 is 1.20. The number of carbonyl (C=O) groups is 4. The molecule has 0 unspecified atom stereocenters. The molecule has 0 saturated carbocycles. The maximum atomic E-state index is 12.8. The van der Waals surface area contributed by atoms with Crippen LogP contribution in [0.1, 0.15) is 39.9 Å². The zero-order valence-electron chi connectivity index (χ0n) is 24.4. The number of rotatable bonds is 12. The second-order valence-electron chi connectivity index (χ2n) is 10.5. The Hall–Kier alpha value is -5.29. The molecule has 0 aliphatic heterocycles. The van der Waals surface area contributed by atoms with Gasteiger partial charge in [0.15, 0.2) is 0 Å². The molecule has 1 atom stereocenters. The first-order valence-corrected chi connectivity index (χ1v) is 15.2. The lowest BCUT2D eigenvalue weighted by atomic mass is 9.98. The SMILES string of the molecule is CC(=O)Nc1ccc(CNc2cc(C(N)=O)ccc2SC[C@H](NC(=O)OCC2c3ccccc3-c3ccccc32)C(=O)O)cc1. The highest BCUT2D eigenvalue weighted by molar-refractivity contribution is 7.99. The van der Waals surface area contributed by atoms with Crippen LogP contribution in [0.2, 0.25) is 0 Å². The van der Waals surface area contributed by atoms with Gasteiger partial charge in [-0.05, 0) is 58.1 Å². The zero-order chi connectivity index (χ0) is 31.9. The van der Waals surface area contributed by atoms with Crippen LogP contribution in [0.25, 0.3) is 11.1 Å². The van der Waals surface area contributed by atoms with E-state index >= 15 is 0 Å². The highest BCUT2D eigenvalue weighted by atomic mass is 32.2. The first-order valence-electron chi connectivity index (χ1n) is 14.2. The summed E-state index contributed by atoms with van der Waals surface area (Å²) < 4.78 is 5.55. The fraction of sp³-hybridized carbons (Fsp3) is 0.176. The van der Waals surface area contributed by atoms with Crippen molar-refractivity contribution in [3.05, 3.63) is 113 Å². The Morgan fingerprint density at radius 1 is 0.911 bits per heavy atom. The Labute approximate surface area is 264 Å². The van der Waals surface area contributed by atoms with Gasteiger partial charge in [0.05, 0.1) is 0 Å². The van der Waals surface area contributed by atoms with Crippen LogP contribution in [0.4, 0.5) is 16.2 Å². The number of carbonyl (C=O) groups excluding carboxylic acids is 3. The number of carboxylic acid groups (broad SMARTS) is 1. The smallest absolute Gasteiger partial charge is 0.407 e. The average molecular weight is 625 g/mol. The number of hydrogen-bond acceptors (Lipinski definition) is 7. The molecule has 0 bridgehead atoms. The third-order valence-corrected chi connectivity index (χ3v) is 8.53. The minimum Gasteiger partial charge on any atom is -0.480 e. The van der Waals surface area contributed by atoms with Crippen LogP contribution in [0.15, 0.2) is 95.9 Å². The summed E-state index contributed by atoms with van der Waals surface area (Å²) in [5.74, 6) is -2.14. The van der Waals surface area contributed by atoms with E-state index in [4.69, 9.17) is 10.5 Å². The molecule has 6 N–H and O–H groups in total. The number of carboxylic acids is 1. The Balaban J connectivity index is 1.22. The zero-order valence-corrected chi connectivity index (χ0v) is 25.2. The van der Waals surface area contributed by atoms with Crippen LogP contribution in [0.5, 0.6) is 0 Å². The van der Waals surface area contributed by atoms with Gasteiger partial charge in [-0.25, -0.2) is 9.59 Å². The number of nitrogens with one attached hydrogen (secondary N) is 3. The Morgan fingerprint density at radius 2 is 1.56 bits per heavy atom. The first kappa shape index (κ1) is 31.1. The number of fused-ring (bicyclic) bond motifs is 3. The van der Waals surface area contributed by atoms with Crippen LogP contribution >= 0.6 is 11.8 Å². The van der Waals surface area contributed by atoms with Crippen molar-refractivity contribution >= 4 is 47.0 Å². The molecule has 0 aromatic heterocycles. The van der Waals surface area contributed by atoms with Gasteiger partial charge in [0.1, 0.15) is 12.6 Å². The third-order valence-electron chi connectivity index (χ3n) is 7.36. The summed E-state index contributed by atoms with van der Waals surface area (Å²) in [6.45, 7) is 1.88. The minimum absolute atomic E-state index is 0.00443. The molecule has 0 heterocycles. The van der Waals surface area contributed by atoms with Crippen molar-refractivity contribution in [2.75, 3.05) is 23.0 Å². The van der Waals surface area contributed by atoms with Gasteiger partial charge in [0, 0.05) is 47.0 Å². The monoisotopic (exact) mass is 624 g/mol. The van der Waals surface area contributed by atoms with Gasteiger partial charge in [-0.2, -0.15) is 0 Å². The molecule has 5 rings (SSSR count). The van der Waals surface area contributed by atoms with E-state index in [0.29, 0.717) is 22.8 Å². The molecule has 0 fully saturated rings. The molecule has 45 heavy (non-hydrogen) atoms. The van der Waals surface area contributed by atoms with E-state index in [1.807, 2.05) is 60.7 Å². The standard InChI is InChI=1S/C34H32N4O6S/c1-20(39)37-23-13-10-21(11-14-23)17-36-29-16-22(32(35)40)12-15-31(29)45-19-30(33(41)42)38-34(43)44-18-28-26-8-4-2-6-24(26)25-7-3-5-9-27(25)28/h2-16,28,30,36H,17-19H2,1H3,(H2,35,40)(H,37,39)(H,38,43)(H,41,42)/t30-/m0/s1. The Morgan fingerprint density at radius 3 is 2.16 bits per heavy atom. The van der Waals surface area contributed by atoms with E-state index in [1.165, 1.54) is 18.7 Å². The van der Waals surface area contributed by atoms with Crippen LogP contribution in [0, 0.1) is 0 Å². The van der Waals surface area contributed by atoms with E-state index in [9.17, 15) is 24.3 Å². The Bertz CT molecular complexity index is 1700. The highest BCUT2D eigenvalue weighted by Crippen LogP contribution is 2.44. The number of anilines is 2. The lowest BCUT2D eigenvalue weighted by molar-refractivity contribution is -0.138. The number of primary amides is 1. The van der Waals surface area contributed by atoms with Crippen LogP contribution < -0.4 is 21.7 Å². The second kappa shape index (κ2) is 14.0. The molecule has 0 radical (unpaired) electrons. The summed E-state index contributed by atoms with van der Waals surface area (Å²) in [6.07, 6.45) is -0.824. The van der Waals surface area contributed by atoms with E-state index in [2.05, 4.69) is 16.0 Å². The Kier molecular flexibility index (Phi) is 9.69. The van der Waals surface area contributed by atoms with Crippen LogP contribution in [-0.4, -0.2) is 47.4 Å². The van der Waals surface area contributed by atoms with Crippen molar-refractivity contribution < 1.29 is 29.0 Å². The number of nitrogens with two attached hydrogens (primary N) is 1. The van der Waals surface area contributed by atoms with E-state index in [-0.39, 0.29) is 29.7 Å². The molecule has 11 heteroatoms. The van der Waals surface area contributed by atoms with Crippen molar-refractivity contribution in [2.24, 2.45) is 5.73 Å². The van der Waals surface area contributed by atoms with E-state index < -0.39 is 24.0 Å². The lowest BCUT2D eigenvalue weighted by Gasteiger charge is -2.18. The van der Waals surface area contributed by atoms with Crippen LogP contribution in [0.3, 0.4) is 0 Å². The molecular weight excluding hydrogens is 592 g/mol. The van der Waals surface area contributed by atoms with E-state index in [0.717, 1.165) is 27.8 Å². The number of benzene rings is 4. The van der Waals surface area contributed by atoms with Gasteiger partial charge in [-0.3, -0.25) is 9.59 Å². The van der Waals surface area contributed by atoms with Gasteiger partial charge in [-0.15, -0.1) is 11.8 Å². The van der Waals surface area contributed by atoms with Crippen molar-refractivity contribution in [1.29, 1.82) is 0 Å². The van der Waals surface area contributed by atoms with Gasteiger partial charge in [0.25, 0.3) is 0 Å². The van der Waals surface area contributed by atoms with Crippen molar-refractivity contribution in [2.45, 2.75) is 30.3 Å². The number of hydrogen-bond donors (Lipinski definition) is 5. The quantitative estimate of drug-likeness (QED) is 0.130. The first-order chi connectivity index (χ1) is 21.7. The van der Waals surface area contributed by atoms with Crippen molar-refractivity contribution in [1.82, 2.24) is 5.32 Å². The van der Waals surface area contributed by atoms with Crippen molar-refractivity contribution in [3.63, 3.8) is 0 Å². The van der Waals surface area contributed by atoms with Gasteiger partial charge in [-0.1, -0.05) is 60.7 Å². The third kappa shape index (κ3) is 7.63. The normalized spacial score (nSPS) is 12.4. The molecule has 0 spiro atoms.